The monoisotopic (exact) mass is 227 g/mol. The number of hydrogen-bond donors (Lipinski definition) is 0. The van der Waals surface area contributed by atoms with Gasteiger partial charge >= 0.3 is 5.97 Å². The van der Waals surface area contributed by atoms with E-state index in [9.17, 15) is 4.79 Å². The van der Waals surface area contributed by atoms with Crippen molar-refractivity contribution < 1.29 is 9.53 Å². The summed E-state index contributed by atoms with van der Waals surface area (Å²) in [7, 11) is 1.25. The van der Waals surface area contributed by atoms with Gasteiger partial charge in [0.25, 0.3) is 0 Å². The Hall–Kier alpha value is -2.61. The topological polar surface area (TPSA) is 67.9 Å². The number of nitrogens with zero attached hydrogens (tertiary/aromatic N) is 3. The van der Waals surface area contributed by atoms with Gasteiger partial charge in [-0.25, -0.2) is 9.48 Å². The molecule has 0 spiro atoms. The highest BCUT2D eigenvalue weighted by Gasteiger charge is 2.17. The molecule has 0 radical (unpaired) electrons. The zero-order valence-corrected chi connectivity index (χ0v) is 9.12. The van der Waals surface area contributed by atoms with Gasteiger partial charge in [-0.3, -0.25) is 0 Å². The molecule has 0 unspecified atom stereocenters. The third-order valence-electron chi connectivity index (χ3n) is 2.23. The molecule has 0 aliphatic rings. The van der Waals surface area contributed by atoms with Gasteiger partial charge in [-0.15, -0.1) is 0 Å². The highest BCUT2D eigenvalue weighted by atomic mass is 16.5. The van der Waals surface area contributed by atoms with Crippen LogP contribution in [0.2, 0.25) is 0 Å². The van der Waals surface area contributed by atoms with E-state index >= 15 is 0 Å². The van der Waals surface area contributed by atoms with Crippen LogP contribution < -0.4 is 0 Å². The van der Waals surface area contributed by atoms with Crippen LogP contribution in [0.5, 0.6) is 0 Å². The van der Waals surface area contributed by atoms with E-state index in [0.717, 1.165) is 5.69 Å². The van der Waals surface area contributed by atoms with Gasteiger partial charge in [0.05, 0.1) is 12.8 Å². The van der Waals surface area contributed by atoms with Crippen LogP contribution in [-0.4, -0.2) is 22.9 Å². The summed E-state index contributed by atoms with van der Waals surface area (Å²) in [5.41, 5.74) is 0.999. The molecule has 0 aliphatic carbocycles. The molecule has 2 rings (SSSR count). The number of ether oxygens (including phenoxy) is 1. The van der Waals surface area contributed by atoms with Crippen LogP contribution >= 0.6 is 0 Å². The van der Waals surface area contributed by atoms with E-state index in [-0.39, 0.29) is 11.3 Å². The zero-order valence-electron chi connectivity index (χ0n) is 9.12. The number of carbonyl (C=O) groups excluding carboxylic acids is 1. The number of nitriles is 1. The average Bonchev–Trinajstić information content (AvgIpc) is 2.83. The minimum absolute atomic E-state index is 0.0267. The molecule has 0 amide bonds. The molecule has 0 bridgehead atoms. The Labute approximate surface area is 97.9 Å². The van der Waals surface area contributed by atoms with Crippen LogP contribution in [0, 0.1) is 11.3 Å². The summed E-state index contributed by atoms with van der Waals surface area (Å²) in [6, 6.07) is 11.1. The number of para-hydroxylation sites is 1. The number of benzene rings is 1. The Kier molecular flexibility index (Phi) is 2.88. The SMILES string of the molecule is COC(=O)c1nn(-c2ccccc2)cc1C#N. The number of esters is 1. The molecule has 5 heteroatoms. The minimum Gasteiger partial charge on any atom is -0.464 e. The van der Waals surface area contributed by atoms with E-state index in [1.54, 1.807) is 0 Å². The second-order valence-corrected chi connectivity index (χ2v) is 3.27. The van der Waals surface area contributed by atoms with E-state index < -0.39 is 5.97 Å². The molecule has 0 atom stereocenters. The Morgan fingerprint density at radius 2 is 2.12 bits per heavy atom. The molecule has 1 heterocycles. The van der Waals surface area contributed by atoms with Gasteiger partial charge in [0.15, 0.2) is 5.69 Å². The van der Waals surface area contributed by atoms with Crippen LogP contribution in [0.1, 0.15) is 16.1 Å². The van der Waals surface area contributed by atoms with Crippen molar-refractivity contribution in [2.24, 2.45) is 0 Å². The number of methoxy groups -OCH3 is 1. The number of rotatable bonds is 2. The normalized spacial score (nSPS) is 9.65. The van der Waals surface area contributed by atoms with E-state index in [2.05, 4.69) is 9.84 Å². The fourth-order valence-electron chi connectivity index (χ4n) is 1.42. The van der Waals surface area contributed by atoms with Crippen molar-refractivity contribution >= 4 is 5.97 Å². The fraction of sp³-hybridized carbons (Fsp3) is 0.0833. The van der Waals surface area contributed by atoms with Crippen LogP contribution in [0.4, 0.5) is 0 Å². The Morgan fingerprint density at radius 3 is 2.71 bits per heavy atom. The standard InChI is InChI=1S/C12H9N3O2/c1-17-12(16)11-9(7-13)8-15(14-11)10-5-3-2-4-6-10/h2-6,8H,1H3. The van der Waals surface area contributed by atoms with Crippen molar-refractivity contribution in [3.05, 3.63) is 47.8 Å². The first-order chi connectivity index (χ1) is 8.26. The molecule has 0 aliphatic heterocycles. The van der Waals surface area contributed by atoms with E-state index in [0.29, 0.717) is 0 Å². The maximum atomic E-state index is 11.4. The van der Waals surface area contributed by atoms with E-state index in [1.807, 2.05) is 36.4 Å². The number of hydrogen-bond acceptors (Lipinski definition) is 4. The van der Waals surface area contributed by atoms with Crippen LogP contribution in [0.3, 0.4) is 0 Å². The van der Waals surface area contributed by atoms with Gasteiger partial charge in [0.2, 0.25) is 0 Å². The summed E-state index contributed by atoms with van der Waals surface area (Å²) in [5, 5.41) is 13.0. The van der Waals surface area contributed by atoms with Crippen molar-refractivity contribution in [1.29, 1.82) is 5.26 Å². The van der Waals surface area contributed by atoms with Crippen molar-refractivity contribution in [2.75, 3.05) is 7.11 Å². The van der Waals surface area contributed by atoms with Crippen LogP contribution in [-0.2, 0) is 4.74 Å². The molecule has 2 aromatic rings. The lowest BCUT2D eigenvalue weighted by Crippen LogP contribution is -2.05. The molecule has 0 fully saturated rings. The Morgan fingerprint density at radius 1 is 1.41 bits per heavy atom. The summed E-state index contributed by atoms with van der Waals surface area (Å²) in [6.07, 6.45) is 1.50. The van der Waals surface area contributed by atoms with E-state index in [4.69, 9.17) is 5.26 Å². The molecule has 84 valence electrons. The van der Waals surface area contributed by atoms with Gasteiger partial charge in [-0.05, 0) is 12.1 Å². The maximum Gasteiger partial charge on any atom is 0.359 e. The quantitative estimate of drug-likeness (QED) is 0.729. The van der Waals surface area contributed by atoms with Gasteiger partial charge in [0.1, 0.15) is 11.6 Å². The molecule has 0 N–H and O–H groups in total. The summed E-state index contributed by atoms with van der Waals surface area (Å²) in [5.74, 6) is -0.615. The average molecular weight is 227 g/mol. The lowest BCUT2D eigenvalue weighted by Gasteiger charge is -1.98. The van der Waals surface area contributed by atoms with Gasteiger partial charge in [0, 0.05) is 6.20 Å². The van der Waals surface area contributed by atoms with Crippen molar-refractivity contribution in [1.82, 2.24) is 9.78 Å². The molecule has 1 aromatic heterocycles. The molecular weight excluding hydrogens is 218 g/mol. The largest absolute Gasteiger partial charge is 0.464 e. The minimum atomic E-state index is -0.615. The molecule has 0 saturated carbocycles. The lowest BCUT2D eigenvalue weighted by atomic mass is 10.3. The zero-order chi connectivity index (χ0) is 12.3. The second-order valence-electron chi connectivity index (χ2n) is 3.27. The van der Waals surface area contributed by atoms with Crippen molar-refractivity contribution in [3.8, 4) is 11.8 Å². The van der Waals surface area contributed by atoms with Crippen molar-refractivity contribution in [2.45, 2.75) is 0 Å². The van der Waals surface area contributed by atoms with Crippen LogP contribution in [0.15, 0.2) is 36.5 Å². The third kappa shape index (κ3) is 2.01. The molecule has 0 saturated heterocycles. The highest BCUT2D eigenvalue weighted by Crippen LogP contribution is 2.12. The lowest BCUT2D eigenvalue weighted by molar-refractivity contribution is 0.0593. The first-order valence-corrected chi connectivity index (χ1v) is 4.89. The summed E-state index contributed by atoms with van der Waals surface area (Å²) in [4.78, 5) is 11.4. The van der Waals surface area contributed by atoms with Crippen molar-refractivity contribution in [3.63, 3.8) is 0 Å². The molecule has 1 aromatic carbocycles. The predicted molar refractivity (Wildman–Crippen MR) is 59.6 cm³/mol. The summed E-state index contributed by atoms with van der Waals surface area (Å²) >= 11 is 0. The summed E-state index contributed by atoms with van der Waals surface area (Å²) < 4.78 is 6.04. The fourth-order valence-corrected chi connectivity index (χ4v) is 1.42. The summed E-state index contributed by atoms with van der Waals surface area (Å²) in [6.45, 7) is 0. The third-order valence-corrected chi connectivity index (χ3v) is 2.23. The number of carbonyl (C=O) groups is 1. The van der Waals surface area contributed by atoms with Gasteiger partial charge in [-0.2, -0.15) is 10.4 Å². The van der Waals surface area contributed by atoms with Gasteiger partial charge in [-0.1, -0.05) is 18.2 Å². The molecule has 5 nitrogen and oxygen atoms in total. The van der Waals surface area contributed by atoms with Crippen LogP contribution in [0.25, 0.3) is 5.69 Å². The Bertz CT molecular complexity index is 582. The first kappa shape index (κ1) is 10.9. The molecular formula is C12H9N3O2. The molecule has 17 heavy (non-hydrogen) atoms. The second kappa shape index (κ2) is 4.49. The van der Waals surface area contributed by atoms with E-state index in [1.165, 1.54) is 18.0 Å². The Balaban J connectivity index is 2.50. The predicted octanol–water partition coefficient (Wildman–Crippen LogP) is 1.53. The van der Waals surface area contributed by atoms with Gasteiger partial charge < -0.3 is 4.74 Å². The maximum absolute atomic E-state index is 11.4. The number of aromatic nitrogens is 2. The smallest absolute Gasteiger partial charge is 0.359 e. The highest BCUT2D eigenvalue weighted by molar-refractivity contribution is 5.89. The first-order valence-electron chi connectivity index (χ1n) is 4.89.